The van der Waals surface area contributed by atoms with E-state index < -0.39 is 20.3 Å². The van der Waals surface area contributed by atoms with E-state index in [1.54, 1.807) is 18.2 Å². The number of aromatic amines is 1. The lowest BCUT2D eigenvalue weighted by atomic mass is 10.1. The van der Waals surface area contributed by atoms with Gasteiger partial charge in [0, 0.05) is 25.5 Å². The van der Waals surface area contributed by atoms with Gasteiger partial charge in [0.05, 0.1) is 17.9 Å². The van der Waals surface area contributed by atoms with Crippen LogP contribution in [0.25, 0.3) is 11.4 Å². The van der Waals surface area contributed by atoms with Gasteiger partial charge >= 0.3 is 7.82 Å². The normalized spacial score (nSPS) is 11.4. The number of carbonyl (C=O) groups excluding carboxylic acids is 1. The number of aryl methyl sites for hydroxylation is 1. The van der Waals surface area contributed by atoms with E-state index in [1.807, 2.05) is 20.8 Å². The molecule has 2 rings (SSSR count). The summed E-state index contributed by atoms with van der Waals surface area (Å²) in [5.41, 5.74) is 2.11. The molecule has 0 spiro atoms. The minimum atomic E-state index is -3.77. The predicted octanol–water partition coefficient (Wildman–Crippen LogP) is 3.71. The lowest BCUT2D eigenvalue weighted by Crippen LogP contribution is -2.19. The lowest BCUT2D eigenvalue weighted by molar-refractivity contribution is -0.118. The minimum Gasteiger partial charge on any atom is -0.493 e. The molecule has 176 valence electrons. The molecule has 0 fully saturated rings. The average Bonchev–Trinajstić information content (AvgIpc) is 2.81. The number of rotatable bonds is 12. The molecule has 2 N–H and O–H groups in total. The van der Waals surface area contributed by atoms with E-state index in [9.17, 15) is 14.2 Å². The van der Waals surface area contributed by atoms with E-state index in [0.717, 1.165) is 20.6 Å². The zero-order valence-electron chi connectivity index (χ0n) is 19.0. The Bertz CT molecular complexity index is 1030. The van der Waals surface area contributed by atoms with E-state index in [0.29, 0.717) is 53.5 Å². The number of nitrogens with zero attached hydrogens (tertiary/aromatic N) is 1. The average molecular weight is 467 g/mol. The molecular formula is C21H30N3O7P. The smallest absolute Gasteiger partial charge is 0.474 e. The van der Waals surface area contributed by atoms with Crippen molar-refractivity contribution in [3.63, 3.8) is 0 Å². The fourth-order valence-corrected chi connectivity index (χ4v) is 3.61. The van der Waals surface area contributed by atoms with Crippen molar-refractivity contribution in [3.05, 3.63) is 39.8 Å². The van der Waals surface area contributed by atoms with Gasteiger partial charge in [0.15, 0.2) is 0 Å². The second-order valence-corrected chi connectivity index (χ2v) is 8.62. The molecule has 1 heterocycles. The second kappa shape index (κ2) is 11.9. The first kappa shape index (κ1) is 25.7. The third-order valence-electron chi connectivity index (χ3n) is 4.57. The monoisotopic (exact) mass is 467 g/mol. The fraction of sp³-hybridized carbons (Fsp3) is 0.476. The molecule has 0 saturated carbocycles. The molecule has 0 radical (unpaired) electrons. The quantitative estimate of drug-likeness (QED) is 0.452. The molecule has 11 heteroatoms. The largest absolute Gasteiger partial charge is 0.493 e. The fourth-order valence-electron chi connectivity index (χ4n) is 2.97. The number of carbonyl (C=O) groups is 1. The summed E-state index contributed by atoms with van der Waals surface area (Å²) < 4.78 is 32.0. The van der Waals surface area contributed by atoms with Crippen LogP contribution in [0.1, 0.15) is 38.4 Å². The molecule has 0 unspecified atom stereocenters. The van der Waals surface area contributed by atoms with Gasteiger partial charge in [-0.2, -0.15) is 0 Å². The highest BCUT2D eigenvalue weighted by Crippen LogP contribution is 2.47. The number of benzene rings is 1. The van der Waals surface area contributed by atoms with E-state index in [2.05, 4.69) is 24.3 Å². The summed E-state index contributed by atoms with van der Waals surface area (Å²) in [6, 6.07) is 4.99. The minimum absolute atomic E-state index is 0.200. The van der Waals surface area contributed by atoms with E-state index in [4.69, 9.17) is 9.26 Å². The molecule has 1 amide bonds. The van der Waals surface area contributed by atoms with Crippen molar-refractivity contribution >= 4 is 19.4 Å². The van der Waals surface area contributed by atoms with Gasteiger partial charge in [0.1, 0.15) is 18.2 Å². The van der Waals surface area contributed by atoms with Gasteiger partial charge in [0.25, 0.3) is 11.5 Å². The van der Waals surface area contributed by atoms with Crippen LogP contribution in [0.5, 0.6) is 5.75 Å². The number of aromatic nitrogens is 2. The molecule has 0 aliphatic carbocycles. The number of ether oxygens (including phenoxy) is 1. The van der Waals surface area contributed by atoms with Crippen molar-refractivity contribution in [3.8, 4) is 17.1 Å². The summed E-state index contributed by atoms with van der Waals surface area (Å²) in [7, 11) is -1.45. The zero-order chi connectivity index (χ0) is 23.7. The van der Waals surface area contributed by atoms with Crippen LogP contribution in [-0.2, 0) is 35.8 Å². The third kappa shape index (κ3) is 6.49. The van der Waals surface area contributed by atoms with E-state index in [-0.39, 0.29) is 5.56 Å². The molecule has 32 heavy (non-hydrogen) atoms. The number of hydrogen-bond donors (Lipinski definition) is 2. The van der Waals surface area contributed by atoms with Crippen molar-refractivity contribution in [2.75, 3.05) is 32.8 Å². The van der Waals surface area contributed by atoms with Crippen molar-refractivity contribution in [1.29, 1.82) is 0 Å². The van der Waals surface area contributed by atoms with Crippen LogP contribution < -0.4 is 15.6 Å². The van der Waals surface area contributed by atoms with Gasteiger partial charge in [0.2, 0.25) is 0 Å². The second-order valence-electron chi connectivity index (χ2n) is 6.74. The highest BCUT2D eigenvalue weighted by atomic mass is 31.2. The number of amides is 1. The molecule has 0 aliphatic rings. The Kier molecular flexibility index (Phi) is 9.59. The Balaban J connectivity index is 2.37. The van der Waals surface area contributed by atoms with Crippen LogP contribution in [0.3, 0.4) is 0 Å². The van der Waals surface area contributed by atoms with Crippen LogP contribution in [0.4, 0.5) is 5.69 Å². The molecule has 0 bridgehead atoms. The van der Waals surface area contributed by atoms with Crippen LogP contribution in [0, 0.1) is 0 Å². The van der Waals surface area contributed by atoms with Crippen LogP contribution in [0.2, 0.25) is 0 Å². The topological polar surface area (TPSA) is 129 Å². The molecule has 0 saturated heterocycles. The van der Waals surface area contributed by atoms with Crippen molar-refractivity contribution in [2.24, 2.45) is 0 Å². The van der Waals surface area contributed by atoms with E-state index >= 15 is 0 Å². The highest BCUT2D eigenvalue weighted by molar-refractivity contribution is 7.48. The summed E-state index contributed by atoms with van der Waals surface area (Å²) in [6.07, 6.45) is 1.99. The van der Waals surface area contributed by atoms with Crippen molar-refractivity contribution < 1.29 is 27.7 Å². The molecule has 10 nitrogen and oxygen atoms in total. The zero-order valence-corrected chi connectivity index (χ0v) is 19.9. The van der Waals surface area contributed by atoms with Gasteiger partial charge in [-0.1, -0.05) is 20.8 Å². The Morgan fingerprint density at radius 3 is 2.47 bits per heavy atom. The lowest BCUT2D eigenvalue weighted by Gasteiger charge is -2.15. The first-order valence-electron chi connectivity index (χ1n) is 10.4. The summed E-state index contributed by atoms with van der Waals surface area (Å²) in [5.74, 6) is 0.314. The predicted molar refractivity (Wildman–Crippen MR) is 121 cm³/mol. The molecule has 2 aromatic rings. The number of nitrogens with one attached hydrogen (secondary N) is 2. The maximum Gasteiger partial charge on any atom is 0.474 e. The van der Waals surface area contributed by atoms with Crippen molar-refractivity contribution in [2.45, 2.75) is 40.0 Å². The number of H-pyrrole nitrogens is 1. The number of hydrogen-bond acceptors (Lipinski definition) is 8. The van der Waals surface area contributed by atoms with Gasteiger partial charge in [-0.15, -0.1) is 0 Å². The summed E-state index contributed by atoms with van der Waals surface area (Å²) in [6.45, 7) is 5.77. The SMILES string of the molecule is CCCOc1ccc(NC(=O)COP(=O)(OC)OC)cc1-c1nc(CC)c(CC)c(=O)[nH]1. The third-order valence-corrected chi connectivity index (χ3v) is 5.91. The first-order chi connectivity index (χ1) is 15.3. The first-order valence-corrected chi connectivity index (χ1v) is 11.8. The Morgan fingerprint density at radius 1 is 1.16 bits per heavy atom. The van der Waals surface area contributed by atoms with Gasteiger partial charge in [-0.3, -0.25) is 23.2 Å². The number of anilines is 1. The Labute approximate surface area is 187 Å². The van der Waals surface area contributed by atoms with E-state index in [1.165, 1.54) is 0 Å². The maximum absolute atomic E-state index is 12.6. The summed E-state index contributed by atoms with van der Waals surface area (Å²) >= 11 is 0. The number of phosphoric acid groups is 1. The maximum atomic E-state index is 12.6. The molecule has 1 aromatic carbocycles. The standard InChI is InChI=1S/C21H30N3O7P/c1-6-11-30-18-10-9-14(22-19(25)13-31-32(27,28-4)29-5)12-16(18)20-23-17(8-3)15(7-2)21(26)24-20/h9-10,12H,6-8,11,13H2,1-5H3,(H,22,25)(H,23,24,26). The summed E-state index contributed by atoms with van der Waals surface area (Å²) in [4.78, 5) is 32.3. The number of phosphoric ester groups is 1. The molecule has 0 aliphatic heterocycles. The molecular weight excluding hydrogens is 437 g/mol. The van der Waals surface area contributed by atoms with Crippen LogP contribution in [0.15, 0.2) is 23.0 Å². The Morgan fingerprint density at radius 2 is 1.88 bits per heavy atom. The summed E-state index contributed by atoms with van der Waals surface area (Å²) in [5, 5.41) is 2.65. The Hall–Kier alpha value is -2.52. The molecule has 1 aromatic heterocycles. The van der Waals surface area contributed by atoms with Crippen molar-refractivity contribution in [1.82, 2.24) is 9.97 Å². The van der Waals surface area contributed by atoms with Gasteiger partial charge < -0.3 is 15.0 Å². The van der Waals surface area contributed by atoms with Crippen LogP contribution in [-0.4, -0.2) is 43.3 Å². The molecule has 0 atom stereocenters. The van der Waals surface area contributed by atoms with Gasteiger partial charge in [-0.05, 0) is 37.5 Å². The van der Waals surface area contributed by atoms with Crippen LogP contribution >= 0.6 is 7.82 Å². The highest BCUT2D eigenvalue weighted by Gasteiger charge is 2.24. The van der Waals surface area contributed by atoms with Gasteiger partial charge in [-0.25, -0.2) is 9.55 Å².